The average Bonchev–Trinajstić information content (AvgIpc) is 2.34. The van der Waals surface area contributed by atoms with E-state index in [1.165, 1.54) is 6.07 Å². The topological polar surface area (TPSA) is 59.6 Å². The van der Waals surface area contributed by atoms with E-state index in [-0.39, 0.29) is 18.3 Å². The summed E-state index contributed by atoms with van der Waals surface area (Å²) in [7, 11) is 0. The van der Waals surface area contributed by atoms with Crippen LogP contribution in [0.15, 0.2) is 41.4 Å². The first-order valence-corrected chi connectivity index (χ1v) is 5.70. The fourth-order valence-corrected chi connectivity index (χ4v) is 1.31. The van der Waals surface area contributed by atoms with Crippen LogP contribution in [0.1, 0.15) is 12.5 Å². The van der Waals surface area contributed by atoms with Crippen molar-refractivity contribution in [3.05, 3.63) is 42.0 Å². The molecule has 0 aliphatic rings. The first kappa shape index (κ1) is 14.9. The van der Waals surface area contributed by atoms with E-state index in [0.717, 1.165) is 5.57 Å². The molecule has 0 fully saturated rings. The average molecular weight is 269 g/mol. The largest absolute Gasteiger partial charge is 0.434 e. The van der Waals surface area contributed by atoms with E-state index in [0.29, 0.717) is 12.1 Å². The summed E-state index contributed by atoms with van der Waals surface area (Å²) in [6.45, 7) is 3.39. The zero-order valence-corrected chi connectivity index (χ0v) is 10.7. The minimum absolute atomic E-state index is 0.106. The number of aliphatic imine (C=N–C) groups is 1. The van der Waals surface area contributed by atoms with Crippen LogP contribution in [-0.2, 0) is 6.54 Å². The van der Waals surface area contributed by atoms with Crippen LogP contribution in [0.3, 0.4) is 0 Å². The van der Waals surface area contributed by atoms with Gasteiger partial charge >= 0.3 is 6.61 Å². The number of nitrogens with zero attached hydrogens (tertiary/aromatic N) is 1. The maximum atomic E-state index is 12.2. The number of guanidine groups is 1. The second-order valence-corrected chi connectivity index (χ2v) is 4.00. The molecular formula is C13H17F2N3O. The molecule has 3 N–H and O–H groups in total. The van der Waals surface area contributed by atoms with Crippen molar-refractivity contribution in [2.75, 3.05) is 6.54 Å². The predicted octanol–water partition coefficient (Wildman–Crippen LogP) is 2.27. The molecule has 0 unspecified atom stereocenters. The first-order chi connectivity index (χ1) is 8.99. The molecule has 0 aromatic heterocycles. The van der Waals surface area contributed by atoms with E-state index in [9.17, 15) is 8.78 Å². The van der Waals surface area contributed by atoms with Crippen LogP contribution in [0, 0.1) is 0 Å². The zero-order valence-electron chi connectivity index (χ0n) is 10.7. The lowest BCUT2D eigenvalue weighted by atomic mass is 10.2. The predicted molar refractivity (Wildman–Crippen MR) is 71.2 cm³/mol. The fraction of sp³-hybridized carbons (Fsp3) is 0.308. The number of hydrogen-bond donors (Lipinski definition) is 2. The highest BCUT2D eigenvalue weighted by molar-refractivity contribution is 5.78. The molecule has 0 spiro atoms. The van der Waals surface area contributed by atoms with Gasteiger partial charge in [-0.05, 0) is 13.0 Å². The fourth-order valence-electron chi connectivity index (χ4n) is 1.31. The molecule has 0 bridgehead atoms. The Balaban J connectivity index is 2.66. The van der Waals surface area contributed by atoms with Crippen molar-refractivity contribution in [3.8, 4) is 5.75 Å². The zero-order chi connectivity index (χ0) is 14.3. The minimum Gasteiger partial charge on any atom is -0.434 e. The summed E-state index contributed by atoms with van der Waals surface area (Å²) in [5, 5.41) is 2.85. The summed E-state index contributed by atoms with van der Waals surface area (Å²) in [6.07, 6.45) is 0. The maximum Gasteiger partial charge on any atom is 0.387 e. The second kappa shape index (κ2) is 7.35. The molecule has 0 aliphatic carbocycles. The van der Waals surface area contributed by atoms with Crippen molar-refractivity contribution in [1.82, 2.24) is 5.32 Å². The Morgan fingerprint density at radius 1 is 1.47 bits per heavy atom. The smallest absolute Gasteiger partial charge is 0.387 e. The van der Waals surface area contributed by atoms with Gasteiger partial charge in [0.05, 0.1) is 6.54 Å². The van der Waals surface area contributed by atoms with Crippen LogP contribution in [-0.4, -0.2) is 19.1 Å². The number of halogens is 2. The highest BCUT2D eigenvalue weighted by atomic mass is 19.3. The number of benzene rings is 1. The summed E-state index contributed by atoms with van der Waals surface area (Å²) in [5.74, 6) is 0.337. The van der Waals surface area contributed by atoms with Crippen LogP contribution >= 0.6 is 0 Å². The van der Waals surface area contributed by atoms with Crippen molar-refractivity contribution >= 4 is 5.96 Å². The van der Waals surface area contributed by atoms with E-state index < -0.39 is 6.61 Å². The molecule has 0 saturated heterocycles. The third kappa shape index (κ3) is 5.85. The third-order valence-corrected chi connectivity index (χ3v) is 2.18. The van der Waals surface area contributed by atoms with Gasteiger partial charge in [0.1, 0.15) is 5.75 Å². The molecule has 1 aromatic carbocycles. The van der Waals surface area contributed by atoms with E-state index in [4.69, 9.17) is 5.73 Å². The van der Waals surface area contributed by atoms with E-state index in [1.807, 2.05) is 6.92 Å². The van der Waals surface area contributed by atoms with Crippen LogP contribution in [0.5, 0.6) is 5.75 Å². The molecule has 0 atom stereocenters. The van der Waals surface area contributed by atoms with Crippen molar-refractivity contribution in [2.24, 2.45) is 10.7 Å². The monoisotopic (exact) mass is 269 g/mol. The van der Waals surface area contributed by atoms with Crippen molar-refractivity contribution in [3.63, 3.8) is 0 Å². The Hall–Kier alpha value is -2.11. The number of ether oxygens (including phenoxy) is 1. The molecule has 0 heterocycles. The van der Waals surface area contributed by atoms with Gasteiger partial charge in [0.2, 0.25) is 0 Å². The number of nitrogens with one attached hydrogen (secondary N) is 1. The van der Waals surface area contributed by atoms with Gasteiger partial charge in [-0.25, -0.2) is 4.99 Å². The molecule has 4 nitrogen and oxygen atoms in total. The molecule has 104 valence electrons. The Morgan fingerprint density at radius 2 is 2.16 bits per heavy atom. The highest BCUT2D eigenvalue weighted by Gasteiger charge is 2.08. The maximum absolute atomic E-state index is 12.2. The van der Waals surface area contributed by atoms with Gasteiger partial charge in [-0.15, -0.1) is 0 Å². The SMILES string of the molecule is C=C(C)CNC(N)=NCc1ccccc1OC(F)F. The minimum atomic E-state index is -2.86. The molecule has 0 saturated carbocycles. The van der Waals surface area contributed by atoms with Crippen LogP contribution in [0.25, 0.3) is 0 Å². The van der Waals surface area contributed by atoms with Gasteiger partial charge in [-0.3, -0.25) is 0 Å². The Morgan fingerprint density at radius 3 is 2.79 bits per heavy atom. The Labute approximate surface area is 111 Å². The molecule has 0 radical (unpaired) electrons. The van der Waals surface area contributed by atoms with E-state index in [1.54, 1.807) is 18.2 Å². The van der Waals surface area contributed by atoms with Crippen molar-refractivity contribution in [2.45, 2.75) is 20.1 Å². The molecule has 0 aliphatic heterocycles. The summed E-state index contributed by atoms with van der Waals surface area (Å²) in [4.78, 5) is 4.05. The van der Waals surface area contributed by atoms with Gasteiger partial charge < -0.3 is 15.8 Å². The van der Waals surface area contributed by atoms with E-state index in [2.05, 4.69) is 21.6 Å². The highest BCUT2D eigenvalue weighted by Crippen LogP contribution is 2.20. The summed E-state index contributed by atoms with van der Waals surface area (Å²) >= 11 is 0. The number of nitrogens with two attached hydrogens (primary N) is 1. The van der Waals surface area contributed by atoms with Crippen LogP contribution < -0.4 is 15.8 Å². The number of para-hydroxylation sites is 1. The number of alkyl halides is 2. The standard InChI is InChI=1S/C13H17F2N3O/c1-9(2)7-17-13(16)18-8-10-5-3-4-6-11(10)19-12(14)15/h3-6,12H,1,7-8H2,2H3,(H3,16,17,18). The lowest BCUT2D eigenvalue weighted by molar-refractivity contribution is -0.0504. The normalized spacial score (nSPS) is 11.5. The van der Waals surface area contributed by atoms with Crippen molar-refractivity contribution in [1.29, 1.82) is 0 Å². The molecule has 1 aromatic rings. The summed E-state index contributed by atoms with van der Waals surface area (Å²) in [6, 6.07) is 6.47. The number of hydrogen-bond acceptors (Lipinski definition) is 2. The first-order valence-electron chi connectivity index (χ1n) is 5.70. The second-order valence-electron chi connectivity index (χ2n) is 4.00. The quantitative estimate of drug-likeness (QED) is 0.473. The lowest BCUT2D eigenvalue weighted by Gasteiger charge is -2.09. The molecule has 0 amide bonds. The molecule has 6 heteroatoms. The Kier molecular flexibility index (Phi) is 5.78. The van der Waals surface area contributed by atoms with Gasteiger partial charge in [0.15, 0.2) is 5.96 Å². The van der Waals surface area contributed by atoms with Gasteiger partial charge in [0, 0.05) is 12.1 Å². The molecule has 19 heavy (non-hydrogen) atoms. The number of rotatable bonds is 6. The van der Waals surface area contributed by atoms with Gasteiger partial charge in [-0.1, -0.05) is 30.4 Å². The van der Waals surface area contributed by atoms with Crippen LogP contribution in [0.2, 0.25) is 0 Å². The van der Waals surface area contributed by atoms with Gasteiger partial charge in [-0.2, -0.15) is 8.78 Å². The molecule has 1 rings (SSSR count). The molecular weight excluding hydrogens is 252 g/mol. The van der Waals surface area contributed by atoms with Crippen molar-refractivity contribution < 1.29 is 13.5 Å². The summed E-state index contributed by atoms with van der Waals surface area (Å²) < 4.78 is 28.8. The Bertz CT molecular complexity index is 461. The van der Waals surface area contributed by atoms with Crippen LogP contribution in [0.4, 0.5) is 8.78 Å². The van der Waals surface area contributed by atoms with E-state index >= 15 is 0 Å². The lowest BCUT2D eigenvalue weighted by Crippen LogP contribution is -2.32. The third-order valence-electron chi connectivity index (χ3n) is 2.18. The summed E-state index contributed by atoms with van der Waals surface area (Å²) in [5.41, 5.74) is 7.09. The van der Waals surface area contributed by atoms with Gasteiger partial charge in [0.25, 0.3) is 0 Å².